The smallest absolute Gasteiger partial charge is 0.280 e. The zero-order chi connectivity index (χ0) is 32.2. The first kappa shape index (κ1) is 31.7. The van der Waals surface area contributed by atoms with Crippen LogP contribution in [0.2, 0.25) is 5.02 Å². The highest BCUT2D eigenvalue weighted by atomic mass is 35.5. The molecule has 1 aromatic heterocycles. The minimum atomic E-state index is -0.771. The Bertz CT molecular complexity index is 1960. The summed E-state index contributed by atoms with van der Waals surface area (Å²) in [5.74, 6) is 0.254. The van der Waals surface area contributed by atoms with E-state index in [0.717, 1.165) is 16.9 Å². The van der Waals surface area contributed by atoms with Crippen molar-refractivity contribution >= 4 is 40.6 Å². The van der Waals surface area contributed by atoms with Crippen LogP contribution in [0.4, 0.5) is 5.69 Å². The normalized spacial score (nSPS) is 14.5. The van der Waals surface area contributed by atoms with Crippen LogP contribution in [-0.4, -0.2) is 40.5 Å². The lowest BCUT2D eigenvalue weighted by Crippen LogP contribution is -2.43. The van der Waals surface area contributed by atoms with E-state index in [-0.39, 0.29) is 39.8 Å². The lowest BCUT2D eigenvalue weighted by Gasteiger charge is -2.29. The quantitative estimate of drug-likeness (QED) is 0.172. The van der Waals surface area contributed by atoms with Gasteiger partial charge < -0.3 is 14.4 Å². The van der Waals surface area contributed by atoms with E-state index in [2.05, 4.69) is 4.99 Å². The van der Waals surface area contributed by atoms with Crippen LogP contribution >= 0.6 is 22.9 Å². The van der Waals surface area contributed by atoms with Gasteiger partial charge in [0.2, 0.25) is 0 Å². The maximum atomic E-state index is 14.1. The Morgan fingerprint density at radius 1 is 1.11 bits per heavy atom. The minimum absolute atomic E-state index is 0.160. The number of likely N-dealkylation sites (N-methyl/N-ethyl adjacent to an activating group) is 1. The van der Waals surface area contributed by atoms with Crippen LogP contribution in [0.3, 0.4) is 0 Å². The molecule has 0 spiro atoms. The molecule has 0 saturated carbocycles. The van der Waals surface area contributed by atoms with Crippen LogP contribution in [0, 0.1) is 10.1 Å². The predicted molar refractivity (Wildman–Crippen MR) is 174 cm³/mol. The van der Waals surface area contributed by atoms with Gasteiger partial charge in [-0.15, -0.1) is 0 Å². The number of nitro groups is 1. The number of amides is 1. The van der Waals surface area contributed by atoms with Crippen LogP contribution in [0.5, 0.6) is 11.5 Å². The van der Waals surface area contributed by atoms with Crippen LogP contribution in [0.1, 0.15) is 43.5 Å². The number of allylic oxidation sites excluding steroid dienone is 1. The summed E-state index contributed by atoms with van der Waals surface area (Å²) >= 11 is 7.26. The standard InChI is InChI=1S/C33H31ClN4O6S/c1-5-36(6-2)32(40)29-20(3)35-33-37(30(29)22-12-14-24(34)15-13-22)31(39)28(45-33)17-23-16-26(43-4)27(18-25(23)38(41)42)44-19-21-10-8-7-9-11-21/h7-18,30H,5-6,19H2,1-4H3/b28-17+/t30-/m1/s1. The number of carbonyl (C=O) groups is 1. The summed E-state index contributed by atoms with van der Waals surface area (Å²) in [6.07, 6.45) is 1.45. The fourth-order valence-electron chi connectivity index (χ4n) is 5.22. The molecule has 0 N–H and O–H groups in total. The number of nitrogens with zero attached hydrogens (tertiary/aromatic N) is 4. The number of methoxy groups -OCH3 is 1. The van der Waals surface area contributed by atoms with Gasteiger partial charge in [0, 0.05) is 18.1 Å². The molecule has 1 aliphatic rings. The van der Waals surface area contributed by atoms with Crippen molar-refractivity contribution < 1.29 is 19.2 Å². The molecule has 5 rings (SSSR count). The van der Waals surface area contributed by atoms with E-state index in [1.807, 2.05) is 44.2 Å². The molecular formula is C33H31ClN4O6S. The summed E-state index contributed by atoms with van der Waals surface area (Å²) in [5, 5.41) is 12.7. The summed E-state index contributed by atoms with van der Waals surface area (Å²) in [5.41, 5.74) is 1.91. The predicted octanol–water partition coefficient (Wildman–Crippen LogP) is 5.25. The molecule has 0 bridgehead atoms. The zero-order valence-electron chi connectivity index (χ0n) is 25.2. The number of carbonyl (C=O) groups excluding carboxylic acids is 1. The molecule has 45 heavy (non-hydrogen) atoms. The third-order valence-corrected chi connectivity index (χ3v) is 8.76. The monoisotopic (exact) mass is 646 g/mol. The van der Waals surface area contributed by atoms with Gasteiger partial charge in [-0.3, -0.25) is 24.3 Å². The summed E-state index contributed by atoms with van der Waals surface area (Å²) in [4.78, 5) is 46.3. The van der Waals surface area contributed by atoms with E-state index in [0.29, 0.717) is 39.7 Å². The Kier molecular flexibility index (Phi) is 9.50. The summed E-state index contributed by atoms with van der Waals surface area (Å²) in [6.45, 7) is 6.69. The summed E-state index contributed by atoms with van der Waals surface area (Å²) in [7, 11) is 1.44. The third kappa shape index (κ3) is 6.40. The number of halogens is 1. The molecule has 1 atom stereocenters. The van der Waals surface area contributed by atoms with Gasteiger partial charge >= 0.3 is 0 Å². The minimum Gasteiger partial charge on any atom is -0.493 e. The maximum absolute atomic E-state index is 14.1. The summed E-state index contributed by atoms with van der Waals surface area (Å²) < 4.78 is 13.1. The second-order valence-electron chi connectivity index (χ2n) is 10.2. The zero-order valence-corrected chi connectivity index (χ0v) is 26.7. The topological polar surface area (TPSA) is 116 Å². The molecular weight excluding hydrogens is 616 g/mol. The molecule has 2 heterocycles. The Morgan fingerprint density at radius 2 is 1.80 bits per heavy atom. The van der Waals surface area contributed by atoms with Crippen molar-refractivity contribution in [1.29, 1.82) is 0 Å². The second-order valence-corrected chi connectivity index (χ2v) is 11.6. The number of fused-ring (bicyclic) bond motifs is 1. The van der Waals surface area contributed by atoms with Gasteiger partial charge in [0.05, 0.1) is 45.5 Å². The van der Waals surface area contributed by atoms with Crippen molar-refractivity contribution in [2.75, 3.05) is 20.2 Å². The van der Waals surface area contributed by atoms with Gasteiger partial charge in [-0.1, -0.05) is 65.4 Å². The first-order chi connectivity index (χ1) is 21.7. The van der Waals surface area contributed by atoms with Crippen molar-refractivity contribution in [2.24, 2.45) is 4.99 Å². The highest BCUT2D eigenvalue weighted by molar-refractivity contribution is 7.07. The number of thiazole rings is 1. The van der Waals surface area contributed by atoms with Crippen molar-refractivity contribution in [2.45, 2.75) is 33.4 Å². The number of ether oxygens (including phenoxy) is 2. The average Bonchev–Trinajstić information content (AvgIpc) is 3.34. The molecule has 10 nitrogen and oxygen atoms in total. The molecule has 0 radical (unpaired) electrons. The van der Waals surface area contributed by atoms with Gasteiger partial charge in [0.15, 0.2) is 16.3 Å². The first-order valence-corrected chi connectivity index (χ1v) is 15.5. The number of nitro benzene ring substituents is 1. The largest absolute Gasteiger partial charge is 0.493 e. The van der Waals surface area contributed by atoms with Crippen molar-refractivity contribution in [1.82, 2.24) is 9.47 Å². The van der Waals surface area contributed by atoms with Crippen LogP contribution in [0.25, 0.3) is 6.08 Å². The fourth-order valence-corrected chi connectivity index (χ4v) is 6.39. The Labute approximate surface area is 268 Å². The van der Waals surface area contributed by atoms with Crippen molar-refractivity contribution in [3.8, 4) is 11.5 Å². The average molecular weight is 647 g/mol. The molecule has 3 aromatic carbocycles. The first-order valence-electron chi connectivity index (χ1n) is 14.3. The van der Waals surface area contributed by atoms with Gasteiger partial charge in [0.1, 0.15) is 6.61 Å². The van der Waals surface area contributed by atoms with Gasteiger partial charge in [-0.2, -0.15) is 0 Å². The fraction of sp³-hybridized carbons (Fsp3) is 0.242. The number of rotatable bonds is 10. The summed E-state index contributed by atoms with van der Waals surface area (Å²) in [6, 6.07) is 18.4. The number of hydrogen-bond acceptors (Lipinski definition) is 8. The lowest BCUT2D eigenvalue weighted by atomic mass is 9.94. The van der Waals surface area contributed by atoms with Gasteiger partial charge in [-0.05, 0) is 56.2 Å². The van der Waals surface area contributed by atoms with E-state index in [1.54, 1.807) is 36.1 Å². The van der Waals surface area contributed by atoms with Gasteiger partial charge in [-0.25, -0.2) is 4.99 Å². The van der Waals surface area contributed by atoms with E-state index in [1.165, 1.54) is 29.9 Å². The van der Waals surface area contributed by atoms with Crippen molar-refractivity contribution in [3.05, 3.63) is 130 Å². The number of aromatic nitrogens is 1. The maximum Gasteiger partial charge on any atom is 0.280 e. The molecule has 0 saturated heterocycles. The molecule has 4 aromatic rings. The number of hydrogen-bond donors (Lipinski definition) is 0. The van der Waals surface area contributed by atoms with E-state index in [9.17, 15) is 19.7 Å². The molecule has 1 aliphatic heterocycles. The Hall–Kier alpha value is -4.74. The molecule has 12 heteroatoms. The van der Waals surface area contributed by atoms with Crippen LogP contribution in [0.15, 0.2) is 87.8 Å². The van der Waals surface area contributed by atoms with E-state index >= 15 is 0 Å². The van der Waals surface area contributed by atoms with E-state index in [4.69, 9.17) is 21.1 Å². The molecule has 1 amide bonds. The highest BCUT2D eigenvalue weighted by Crippen LogP contribution is 2.36. The van der Waals surface area contributed by atoms with E-state index < -0.39 is 16.5 Å². The Morgan fingerprint density at radius 3 is 2.42 bits per heavy atom. The van der Waals surface area contributed by atoms with Crippen molar-refractivity contribution in [3.63, 3.8) is 0 Å². The second kappa shape index (κ2) is 13.5. The molecule has 232 valence electrons. The van der Waals surface area contributed by atoms with Crippen LogP contribution < -0.4 is 24.4 Å². The Balaban J connectivity index is 1.65. The van der Waals surface area contributed by atoms with Gasteiger partial charge in [0.25, 0.3) is 17.2 Å². The lowest BCUT2D eigenvalue weighted by molar-refractivity contribution is -0.385. The SMILES string of the molecule is CCN(CC)C(=O)C1=C(C)N=c2s/c(=C/c3cc(OC)c(OCc4ccccc4)cc3[N+](=O)[O-])c(=O)n2[C@@H]1c1ccc(Cl)cc1. The van der Waals surface area contributed by atoms with Crippen LogP contribution in [-0.2, 0) is 11.4 Å². The number of benzene rings is 3. The molecule has 0 fully saturated rings. The molecule has 0 unspecified atom stereocenters. The molecule has 0 aliphatic carbocycles. The third-order valence-electron chi connectivity index (χ3n) is 7.52. The highest BCUT2D eigenvalue weighted by Gasteiger charge is 2.34.